The highest BCUT2D eigenvalue weighted by molar-refractivity contribution is 6.36. The first-order valence-electron chi connectivity index (χ1n) is 10.0. The van der Waals surface area contributed by atoms with Crippen LogP contribution in [-0.4, -0.2) is 43.0 Å². The summed E-state index contributed by atoms with van der Waals surface area (Å²) >= 11 is 12.6. The van der Waals surface area contributed by atoms with Gasteiger partial charge in [-0.15, -0.1) is 0 Å². The van der Waals surface area contributed by atoms with E-state index in [9.17, 15) is 9.59 Å². The molecule has 6 nitrogen and oxygen atoms in total. The van der Waals surface area contributed by atoms with E-state index < -0.39 is 6.04 Å². The van der Waals surface area contributed by atoms with Crippen molar-refractivity contribution >= 4 is 35.0 Å². The van der Waals surface area contributed by atoms with Crippen molar-refractivity contribution < 1.29 is 19.1 Å². The predicted octanol–water partition coefficient (Wildman–Crippen LogP) is 4.57. The lowest BCUT2D eigenvalue weighted by molar-refractivity contribution is -0.142. The fraction of sp³-hybridized carbons (Fsp3) is 0.391. The fourth-order valence-electron chi connectivity index (χ4n) is 2.85. The van der Waals surface area contributed by atoms with Gasteiger partial charge >= 0.3 is 0 Å². The molecular formula is C23H28Cl2N2O4. The van der Waals surface area contributed by atoms with Crippen LogP contribution in [0.15, 0.2) is 42.5 Å². The molecule has 2 aromatic rings. The molecule has 0 aliphatic rings. The number of para-hydroxylation sites is 2. The van der Waals surface area contributed by atoms with Gasteiger partial charge in [0.2, 0.25) is 5.91 Å². The molecule has 0 aromatic heterocycles. The Morgan fingerprint density at radius 3 is 2.19 bits per heavy atom. The largest absolute Gasteiger partial charge is 0.493 e. The molecule has 0 fully saturated rings. The van der Waals surface area contributed by atoms with Crippen LogP contribution in [0.3, 0.4) is 0 Å². The van der Waals surface area contributed by atoms with E-state index in [1.165, 1.54) is 12.0 Å². The van der Waals surface area contributed by atoms with Gasteiger partial charge in [-0.25, -0.2) is 0 Å². The number of carbonyl (C=O) groups excluding carboxylic acids is 2. The number of nitrogens with one attached hydrogen (secondary N) is 1. The highest BCUT2D eigenvalue weighted by Gasteiger charge is 2.28. The van der Waals surface area contributed by atoms with Crippen LogP contribution < -0.4 is 14.8 Å². The zero-order chi connectivity index (χ0) is 23.0. The van der Waals surface area contributed by atoms with Crippen molar-refractivity contribution in [2.24, 2.45) is 5.92 Å². The summed E-state index contributed by atoms with van der Waals surface area (Å²) in [6, 6.07) is 11.4. The number of hydrogen-bond donors (Lipinski definition) is 1. The molecule has 1 atom stereocenters. The summed E-state index contributed by atoms with van der Waals surface area (Å²) in [4.78, 5) is 27.2. The molecule has 2 amide bonds. The topological polar surface area (TPSA) is 67.9 Å². The SMILES string of the molecule is COc1ccccc1OCC(=O)N(Cc1c(Cl)cccc1Cl)[C@H](C)C(=O)NCC(C)C. The maximum absolute atomic E-state index is 13.1. The molecular weight excluding hydrogens is 439 g/mol. The molecule has 1 N–H and O–H groups in total. The highest BCUT2D eigenvalue weighted by Crippen LogP contribution is 2.28. The van der Waals surface area contributed by atoms with Gasteiger partial charge in [-0.05, 0) is 37.1 Å². The summed E-state index contributed by atoms with van der Waals surface area (Å²) in [5.41, 5.74) is 0.569. The smallest absolute Gasteiger partial charge is 0.261 e. The number of amides is 2. The van der Waals surface area contributed by atoms with E-state index in [0.29, 0.717) is 33.7 Å². The molecule has 0 unspecified atom stereocenters. The van der Waals surface area contributed by atoms with E-state index in [1.54, 1.807) is 49.4 Å². The number of rotatable bonds is 10. The van der Waals surface area contributed by atoms with Gasteiger partial charge < -0.3 is 19.7 Å². The predicted molar refractivity (Wildman–Crippen MR) is 123 cm³/mol. The lowest BCUT2D eigenvalue weighted by Gasteiger charge is -2.29. The van der Waals surface area contributed by atoms with Crippen LogP contribution >= 0.6 is 23.2 Å². The number of nitrogens with zero attached hydrogens (tertiary/aromatic N) is 1. The van der Waals surface area contributed by atoms with Crippen molar-refractivity contribution in [3.05, 3.63) is 58.1 Å². The van der Waals surface area contributed by atoms with Crippen LogP contribution in [0.5, 0.6) is 11.5 Å². The van der Waals surface area contributed by atoms with E-state index in [1.807, 2.05) is 13.8 Å². The normalized spacial score (nSPS) is 11.7. The van der Waals surface area contributed by atoms with Crippen molar-refractivity contribution in [2.75, 3.05) is 20.3 Å². The standard InChI is InChI=1S/C23H28Cl2N2O4/c1-15(2)12-26-23(29)16(3)27(13-17-18(24)8-7-9-19(17)25)22(28)14-31-21-11-6-5-10-20(21)30-4/h5-11,15-16H,12-14H2,1-4H3,(H,26,29)/t16-/m1/s1. The third kappa shape index (κ3) is 7.04. The molecule has 8 heteroatoms. The highest BCUT2D eigenvalue weighted by atomic mass is 35.5. The molecule has 168 valence electrons. The maximum atomic E-state index is 13.1. The van der Waals surface area contributed by atoms with Crippen molar-refractivity contribution in [1.29, 1.82) is 0 Å². The van der Waals surface area contributed by atoms with Crippen LogP contribution in [0.4, 0.5) is 0 Å². The second-order valence-electron chi connectivity index (χ2n) is 7.48. The number of ether oxygens (including phenoxy) is 2. The van der Waals surface area contributed by atoms with Crippen LogP contribution in [0.25, 0.3) is 0 Å². The Hall–Kier alpha value is -2.44. The average molecular weight is 467 g/mol. The summed E-state index contributed by atoms with van der Waals surface area (Å²) in [7, 11) is 1.52. The van der Waals surface area contributed by atoms with E-state index in [0.717, 1.165) is 0 Å². The molecule has 0 saturated heterocycles. The van der Waals surface area contributed by atoms with Crippen LogP contribution in [0.2, 0.25) is 10.0 Å². The van der Waals surface area contributed by atoms with Gasteiger partial charge in [0.25, 0.3) is 5.91 Å². The molecule has 0 aliphatic heterocycles. The minimum absolute atomic E-state index is 0.0723. The lowest BCUT2D eigenvalue weighted by Crippen LogP contribution is -2.49. The first kappa shape index (κ1) is 24.8. The third-order valence-corrected chi connectivity index (χ3v) is 5.37. The molecule has 2 rings (SSSR count). The Balaban J connectivity index is 2.23. The van der Waals surface area contributed by atoms with Gasteiger partial charge in [0.15, 0.2) is 18.1 Å². The van der Waals surface area contributed by atoms with Gasteiger partial charge in [-0.1, -0.05) is 55.2 Å². The summed E-state index contributed by atoms with van der Waals surface area (Å²) in [5, 5.41) is 3.71. The number of halogens is 2. The average Bonchev–Trinajstić information content (AvgIpc) is 2.75. The molecule has 2 aromatic carbocycles. The molecule has 0 bridgehead atoms. The second-order valence-corrected chi connectivity index (χ2v) is 8.29. The van der Waals surface area contributed by atoms with E-state index >= 15 is 0 Å². The zero-order valence-electron chi connectivity index (χ0n) is 18.2. The summed E-state index contributed by atoms with van der Waals surface area (Å²) < 4.78 is 10.9. The van der Waals surface area contributed by atoms with Gasteiger partial charge in [0.1, 0.15) is 6.04 Å². The van der Waals surface area contributed by atoms with E-state index in [4.69, 9.17) is 32.7 Å². The summed E-state index contributed by atoms with van der Waals surface area (Å²) in [5.74, 6) is 0.591. The minimum Gasteiger partial charge on any atom is -0.493 e. The molecule has 0 aliphatic carbocycles. The van der Waals surface area contributed by atoms with Gasteiger partial charge in [-0.3, -0.25) is 9.59 Å². The van der Waals surface area contributed by atoms with Crippen molar-refractivity contribution in [3.8, 4) is 11.5 Å². The Morgan fingerprint density at radius 1 is 1.00 bits per heavy atom. The monoisotopic (exact) mass is 466 g/mol. The van der Waals surface area contributed by atoms with Crippen LogP contribution in [0, 0.1) is 5.92 Å². The Labute approximate surface area is 193 Å². The maximum Gasteiger partial charge on any atom is 0.261 e. The molecule has 0 spiro atoms. The van der Waals surface area contributed by atoms with Crippen LogP contribution in [-0.2, 0) is 16.1 Å². The van der Waals surface area contributed by atoms with E-state index in [-0.39, 0.29) is 30.9 Å². The van der Waals surface area contributed by atoms with Crippen molar-refractivity contribution in [2.45, 2.75) is 33.4 Å². The fourth-order valence-corrected chi connectivity index (χ4v) is 3.37. The van der Waals surface area contributed by atoms with Gasteiger partial charge in [0.05, 0.1) is 7.11 Å². The quantitative estimate of drug-likeness (QED) is 0.556. The first-order chi connectivity index (χ1) is 14.7. The lowest BCUT2D eigenvalue weighted by atomic mass is 10.1. The molecule has 0 saturated carbocycles. The summed E-state index contributed by atoms with van der Waals surface area (Å²) in [6.07, 6.45) is 0. The number of hydrogen-bond acceptors (Lipinski definition) is 4. The molecule has 0 radical (unpaired) electrons. The number of carbonyl (C=O) groups is 2. The second kappa shape index (κ2) is 11.8. The van der Waals surface area contributed by atoms with Crippen molar-refractivity contribution in [1.82, 2.24) is 10.2 Å². The van der Waals surface area contributed by atoms with Gasteiger partial charge in [0, 0.05) is 28.7 Å². The summed E-state index contributed by atoms with van der Waals surface area (Å²) in [6.45, 7) is 5.97. The third-order valence-electron chi connectivity index (χ3n) is 4.66. The van der Waals surface area contributed by atoms with Gasteiger partial charge in [-0.2, -0.15) is 0 Å². The minimum atomic E-state index is -0.750. The van der Waals surface area contributed by atoms with Crippen molar-refractivity contribution in [3.63, 3.8) is 0 Å². The Bertz CT molecular complexity index is 885. The molecule has 31 heavy (non-hydrogen) atoms. The van der Waals surface area contributed by atoms with E-state index in [2.05, 4.69) is 5.32 Å². The number of benzene rings is 2. The number of methoxy groups -OCH3 is 1. The Morgan fingerprint density at radius 2 is 1.61 bits per heavy atom. The molecule has 0 heterocycles. The zero-order valence-corrected chi connectivity index (χ0v) is 19.7. The first-order valence-corrected chi connectivity index (χ1v) is 10.8. The van der Waals surface area contributed by atoms with Crippen LogP contribution in [0.1, 0.15) is 26.3 Å². The Kier molecular flexibility index (Phi) is 9.46.